The zero-order valence-electron chi connectivity index (χ0n) is 16.6. The highest BCUT2D eigenvalue weighted by atomic mass is 16.5. The number of hydrogen-bond acceptors (Lipinski definition) is 4. The summed E-state index contributed by atoms with van der Waals surface area (Å²) in [4.78, 5) is 0. The second kappa shape index (κ2) is 7.98. The number of aliphatic hydroxyl groups excluding tert-OH is 3. The van der Waals surface area contributed by atoms with Gasteiger partial charge in [0.05, 0.1) is 18.0 Å². The highest BCUT2D eigenvalue weighted by Crippen LogP contribution is 2.54. The molecule has 0 aromatic carbocycles. The highest BCUT2D eigenvalue weighted by molar-refractivity contribution is 5.07. The molecule has 2 aliphatic rings. The van der Waals surface area contributed by atoms with E-state index in [-0.39, 0.29) is 30.0 Å². The number of allylic oxidation sites excluding steroid dienone is 1. The van der Waals surface area contributed by atoms with Crippen LogP contribution < -0.4 is 0 Å². The van der Waals surface area contributed by atoms with Crippen LogP contribution in [0.2, 0.25) is 0 Å². The van der Waals surface area contributed by atoms with Crippen LogP contribution in [-0.4, -0.2) is 39.7 Å². The van der Waals surface area contributed by atoms with Gasteiger partial charge in [-0.1, -0.05) is 33.3 Å². The van der Waals surface area contributed by atoms with Crippen molar-refractivity contribution < 1.29 is 20.1 Å². The lowest BCUT2D eigenvalue weighted by Gasteiger charge is -2.54. The fourth-order valence-corrected chi connectivity index (χ4v) is 5.66. The van der Waals surface area contributed by atoms with E-state index in [1.165, 1.54) is 0 Å². The molecule has 4 nitrogen and oxygen atoms in total. The first-order valence-corrected chi connectivity index (χ1v) is 9.99. The normalized spacial score (nSPS) is 41.9. The molecule has 0 amide bonds. The van der Waals surface area contributed by atoms with Gasteiger partial charge >= 0.3 is 0 Å². The van der Waals surface area contributed by atoms with Crippen molar-refractivity contribution in [2.75, 3.05) is 6.61 Å². The number of ether oxygens (including phenoxy) is 1. The predicted molar refractivity (Wildman–Crippen MR) is 99.8 cm³/mol. The molecular weight excluding hydrogens is 316 g/mol. The van der Waals surface area contributed by atoms with Gasteiger partial charge in [0.2, 0.25) is 0 Å². The van der Waals surface area contributed by atoms with Crippen molar-refractivity contribution in [2.45, 2.75) is 78.1 Å². The van der Waals surface area contributed by atoms with Crippen molar-refractivity contribution in [3.63, 3.8) is 0 Å². The third kappa shape index (κ3) is 4.23. The number of aliphatic hydroxyl groups is 3. The lowest BCUT2D eigenvalue weighted by Crippen LogP contribution is -2.54. The lowest BCUT2D eigenvalue weighted by molar-refractivity contribution is -0.143. The van der Waals surface area contributed by atoms with Crippen LogP contribution in [0.3, 0.4) is 0 Å². The van der Waals surface area contributed by atoms with Gasteiger partial charge in [0.25, 0.3) is 0 Å². The minimum Gasteiger partial charge on any atom is -0.493 e. The van der Waals surface area contributed by atoms with Gasteiger partial charge < -0.3 is 20.1 Å². The third-order valence-electron chi connectivity index (χ3n) is 6.54. The van der Waals surface area contributed by atoms with Crippen LogP contribution in [0.1, 0.15) is 60.3 Å². The maximum atomic E-state index is 10.5. The van der Waals surface area contributed by atoms with Gasteiger partial charge in [-0.05, 0) is 63.2 Å². The number of rotatable bonds is 5. The van der Waals surface area contributed by atoms with Crippen molar-refractivity contribution in [2.24, 2.45) is 35.5 Å². The molecule has 5 unspecified atom stereocenters. The molecule has 3 N–H and O–H groups in total. The fourth-order valence-electron chi connectivity index (χ4n) is 5.66. The molecule has 2 fully saturated rings. The summed E-state index contributed by atoms with van der Waals surface area (Å²) in [5, 5.41) is 31.0. The minimum absolute atomic E-state index is 0.102. The van der Waals surface area contributed by atoms with Gasteiger partial charge in [-0.2, -0.15) is 0 Å². The Bertz CT molecular complexity index is 455. The lowest BCUT2D eigenvalue weighted by atomic mass is 9.52. The molecule has 25 heavy (non-hydrogen) atoms. The Kier molecular flexibility index (Phi) is 6.61. The maximum absolute atomic E-state index is 10.5. The molecule has 8 atom stereocenters. The molecule has 4 heteroatoms. The molecular formula is C21H38O4. The molecule has 0 aromatic heterocycles. The summed E-state index contributed by atoms with van der Waals surface area (Å²) < 4.78 is 6.07. The SMILES string of the molecule is C=C(OC(C)(C)C)C1CC2C[C@H](O)[C@H](O)C(CC)C2C(CC)[C@@H]1CO. The summed E-state index contributed by atoms with van der Waals surface area (Å²) in [7, 11) is 0. The van der Waals surface area contributed by atoms with Crippen molar-refractivity contribution >= 4 is 0 Å². The molecule has 2 aliphatic carbocycles. The van der Waals surface area contributed by atoms with Crippen LogP contribution in [-0.2, 0) is 4.74 Å². The van der Waals surface area contributed by atoms with Gasteiger partial charge in [0, 0.05) is 12.5 Å². The summed E-state index contributed by atoms with van der Waals surface area (Å²) in [6.07, 6.45) is 2.04. The van der Waals surface area contributed by atoms with Crippen molar-refractivity contribution in [1.29, 1.82) is 0 Å². The Morgan fingerprint density at radius 1 is 1.04 bits per heavy atom. The Balaban J connectivity index is 2.31. The van der Waals surface area contributed by atoms with Gasteiger partial charge in [0.15, 0.2) is 0 Å². The summed E-state index contributed by atoms with van der Waals surface area (Å²) >= 11 is 0. The summed E-state index contributed by atoms with van der Waals surface area (Å²) in [6.45, 7) is 14.6. The Morgan fingerprint density at radius 3 is 2.12 bits per heavy atom. The molecule has 2 saturated carbocycles. The Labute approximate surface area is 153 Å². The van der Waals surface area contributed by atoms with E-state index in [0.29, 0.717) is 24.2 Å². The second-order valence-corrected chi connectivity index (χ2v) is 9.14. The topological polar surface area (TPSA) is 69.9 Å². The third-order valence-corrected chi connectivity index (χ3v) is 6.54. The first-order chi connectivity index (χ1) is 11.6. The van der Waals surface area contributed by atoms with E-state index < -0.39 is 12.2 Å². The van der Waals surface area contributed by atoms with Crippen LogP contribution >= 0.6 is 0 Å². The Morgan fingerprint density at radius 2 is 1.64 bits per heavy atom. The first-order valence-electron chi connectivity index (χ1n) is 9.99. The minimum atomic E-state index is -0.648. The van der Waals surface area contributed by atoms with Gasteiger partial charge in [0.1, 0.15) is 5.60 Å². The smallest absolute Gasteiger partial charge is 0.100 e. The van der Waals surface area contributed by atoms with Crippen LogP contribution in [0.5, 0.6) is 0 Å². The van der Waals surface area contributed by atoms with Crippen LogP contribution in [0.25, 0.3) is 0 Å². The molecule has 146 valence electrons. The van der Waals surface area contributed by atoms with Crippen LogP contribution in [0, 0.1) is 35.5 Å². The highest BCUT2D eigenvalue weighted by Gasteiger charge is 2.52. The number of hydrogen-bond donors (Lipinski definition) is 3. The molecule has 0 spiro atoms. The van der Waals surface area contributed by atoms with E-state index in [1.54, 1.807) is 0 Å². The molecule has 0 saturated heterocycles. The van der Waals surface area contributed by atoms with E-state index in [9.17, 15) is 15.3 Å². The quantitative estimate of drug-likeness (QED) is 0.662. The van der Waals surface area contributed by atoms with E-state index in [0.717, 1.165) is 25.0 Å². The van der Waals surface area contributed by atoms with E-state index >= 15 is 0 Å². The van der Waals surface area contributed by atoms with Crippen LogP contribution in [0.15, 0.2) is 12.3 Å². The molecule has 0 aliphatic heterocycles. The van der Waals surface area contributed by atoms with E-state index in [2.05, 4.69) is 20.4 Å². The van der Waals surface area contributed by atoms with E-state index in [1.807, 2.05) is 20.8 Å². The summed E-state index contributed by atoms with van der Waals surface area (Å²) in [5.41, 5.74) is -0.302. The standard InChI is InChI=1S/C21H38O4/c1-7-14-17(11-22)16(12(3)25-21(4,5)6)9-13-10-18(23)20(24)15(8-2)19(13)14/h13-20,22-24H,3,7-11H2,1-2,4-6H3/t13?,14?,15?,16?,17-,18-,19?,20+/m0/s1. The van der Waals surface area contributed by atoms with Crippen molar-refractivity contribution in [3.05, 3.63) is 12.3 Å². The van der Waals surface area contributed by atoms with Crippen molar-refractivity contribution in [1.82, 2.24) is 0 Å². The Hall–Kier alpha value is -0.580. The molecule has 0 radical (unpaired) electrons. The predicted octanol–water partition coefficient (Wildman–Crippen LogP) is 3.35. The second-order valence-electron chi connectivity index (χ2n) is 9.14. The zero-order valence-corrected chi connectivity index (χ0v) is 16.6. The number of fused-ring (bicyclic) bond motifs is 1. The molecule has 2 rings (SSSR count). The molecule has 0 heterocycles. The van der Waals surface area contributed by atoms with Gasteiger partial charge in [-0.3, -0.25) is 0 Å². The van der Waals surface area contributed by atoms with Gasteiger partial charge in [-0.15, -0.1) is 0 Å². The monoisotopic (exact) mass is 354 g/mol. The zero-order chi connectivity index (χ0) is 18.9. The van der Waals surface area contributed by atoms with Crippen molar-refractivity contribution in [3.8, 4) is 0 Å². The summed E-state index contributed by atoms with van der Waals surface area (Å²) in [6, 6.07) is 0. The maximum Gasteiger partial charge on any atom is 0.100 e. The first kappa shape index (κ1) is 20.7. The van der Waals surface area contributed by atoms with Gasteiger partial charge in [-0.25, -0.2) is 0 Å². The molecule has 0 bridgehead atoms. The van der Waals surface area contributed by atoms with Crippen LogP contribution in [0.4, 0.5) is 0 Å². The summed E-state index contributed by atoms with van der Waals surface area (Å²) in [5.74, 6) is 2.10. The average molecular weight is 355 g/mol. The largest absolute Gasteiger partial charge is 0.493 e. The fraction of sp³-hybridized carbons (Fsp3) is 0.905. The van der Waals surface area contributed by atoms with E-state index in [4.69, 9.17) is 4.74 Å². The average Bonchev–Trinajstić information content (AvgIpc) is 2.52. The molecule has 0 aromatic rings.